The standard InChI is InChI=1S/C13H17N5OS/c1-14-13-15-11(9-4-7-20-12(9)16-13)18-6-3-5-17(2)10(19)8-18/h4,7H,3,5-6,8H2,1-2H3,(H,14,15,16). The molecule has 3 rings (SSSR count). The van der Waals surface area contributed by atoms with Crippen molar-refractivity contribution in [1.82, 2.24) is 14.9 Å². The van der Waals surface area contributed by atoms with Crippen LogP contribution in [0.3, 0.4) is 0 Å². The lowest BCUT2D eigenvalue weighted by Gasteiger charge is -2.21. The number of nitrogens with one attached hydrogen (secondary N) is 1. The first-order valence-electron chi connectivity index (χ1n) is 6.61. The van der Waals surface area contributed by atoms with Gasteiger partial charge in [0.1, 0.15) is 10.6 Å². The Morgan fingerprint density at radius 2 is 2.20 bits per heavy atom. The highest BCUT2D eigenvalue weighted by molar-refractivity contribution is 7.16. The monoisotopic (exact) mass is 291 g/mol. The van der Waals surface area contributed by atoms with Gasteiger partial charge in [-0.2, -0.15) is 4.98 Å². The minimum atomic E-state index is 0.135. The molecule has 20 heavy (non-hydrogen) atoms. The molecule has 0 aromatic carbocycles. The highest BCUT2D eigenvalue weighted by Crippen LogP contribution is 2.29. The number of likely N-dealkylation sites (N-methyl/N-ethyl adjacent to an activating group) is 1. The molecule has 1 saturated heterocycles. The molecule has 0 radical (unpaired) electrons. The zero-order chi connectivity index (χ0) is 14.1. The third kappa shape index (κ3) is 2.29. The zero-order valence-corrected chi connectivity index (χ0v) is 12.4. The molecule has 1 amide bonds. The average molecular weight is 291 g/mol. The van der Waals surface area contributed by atoms with E-state index in [0.717, 1.165) is 35.5 Å². The van der Waals surface area contributed by atoms with Crippen LogP contribution in [0.4, 0.5) is 11.8 Å². The summed E-state index contributed by atoms with van der Waals surface area (Å²) < 4.78 is 0. The van der Waals surface area contributed by atoms with E-state index in [1.165, 1.54) is 0 Å². The van der Waals surface area contributed by atoms with Crippen LogP contribution in [0.5, 0.6) is 0 Å². The number of rotatable bonds is 2. The number of carbonyl (C=O) groups excluding carboxylic acids is 1. The number of thiophene rings is 1. The third-order valence-electron chi connectivity index (χ3n) is 3.50. The summed E-state index contributed by atoms with van der Waals surface area (Å²) in [6.07, 6.45) is 0.951. The average Bonchev–Trinajstić information content (AvgIpc) is 2.86. The van der Waals surface area contributed by atoms with Crippen molar-refractivity contribution >= 4 is 39.2 Å². The molecule has 0 atom stereocenters. The van der Waals surface area contributed by atoms with Crippen LogP contribution in [-0.4, -0.2) is 54.5 Å². The van der Waals surface area contributed by atoms with Gasteiger partial charge < -0.3 is 15.1 Å². The summed E-state index contributed by atoms with van der Waals surface area (Å²) in [5, 5.41) is 6.01. The second-order valence-corrected chi connectivity index (χ2v) is 5.75. The Balaban J connectivity index is 2.03. The molecule has 0 bridgehead atoms. The van der Waals surface area contributed by atoms with Gasteiger partial charge in [-0.25, -0.2) is 4.98 Å². The highest BCUT2D eigenvalue weighted by atomic mass is 32.1. The molecule has 0 spiro atoms. The smallest absolute Gasteiger partial charge is 0.241 e. The normalized spacial score (nSPS) is 16.6. The van der Waals surface area contributed by atoms with Gasteiger partial charge in [-0.05, 0) is 17.9 Å². The van der Waals surface area contributed by atoms with Gasteiger partial charge in [0.25, 0.3) is 0 Å². The van der Waals surface area contributed by atoms with Crippen LogP contribution < -0.4 is 10.2 Å². The van der Waals surface area contributed by atoms with Crippen LogP contribution in [0.1, 0.15) is 6.42 Å². The third-order valence-corrected chi connectivity index (χ3v) is 4.31. The minimum absolute atomic E-state index is 0.135. The summed E-state index contributed by atoms with van der Waals surface area (Å²) >= 11 is 1.59. The first-order chi connectivity index (χ1) is 9.69. The second kappa shape index (κ2) is 5.24. The molecule has 2 aromatic rings. The fraction of sp³-hybridized carbons (Fsp3) is 0.462. The van der Waals surface area contributed by atoms with Crippen molar-refractivity contribution in [3.63, 3.8) is 0 Å². The van der Waals surface area contributed by atoms with E-state index in [1.807, 2.05) is 18.5 Å². The largest absolute Gasteiger partial charge is 0.357 e. The number of fused-ring (bicyclic) bond motifs is 1. The Morgan fingerprint density at radius 1 is 1.35 bits per heavy atom. The van der Waals surface area contributed by atoms with Gasteiger partial charge in [0.2, 0.25) is 11.9 Å². The van der Waals surface area contributed by atoms with E-state index >= 15 is 0 Å². The van der Waals surface area contributed by atoms with Crippen molar-refractivity contribution < 1.29 is 4.79 Å². The Bertz CT molecular complexity index is 641. The minimum Gasteiger partial charge on any atom is -0.357 e. The predicted molar refractivity (Wildman–Crippen MR) is 81.4 cm³/mol. The van der Waals surface area contributed by atoms with Gasteiger partial charge in [0.15, 0.2) is 0 Å². The maximum Gasteiger partial charge on any atom is 0.241 e. The van der Waals surface area contributed by atoms with Gasteiger partial charge in [-0.1, -0.05) is 0 Å². The van der Waals surface area contributed by atoms with Crippen molar-refractivity contribution in [2.24, 2.45) is 0 Å². The second-order valence-electron chi connectivity index (χ2n) is 4.85. The summed E-state index contributed by atoms with van der Waals surface area (Å²) in [6, 6.07) is 2.02. The maximum atomic E-state index is 12.1. The molecule has 0 saturated carbocycles. The van der Waals surface area contributed by atoms with Gasteiger partial charge in [0.05, 0.1) is 11.9 Å². The molecule has 7 heteroatoms. The molecular formula is C13H17N5OS. The first-order valence-corrected chi connectivity index (χ1v) is 7.49. The number of aromatic nitrogens is 2. The first kappa shape index (κ1) is 13.1. The van der Waals surface area contributed by atoms with Crippen molar-refractivity contribution in [2.75, 3.05) is 43.9 Å². The maximum absolute atomic E-state index is 12.1. The quantitative estimate of drug-likeness (QED) is 0.906. The number of nitrogens with zero attached hydrogens (tertiary/aromatic N) is 4. The van der Waals surface area contributed by atoms with Crippen LogP contribution in [0.2, 0.25) is 0 Å². The van der Waals surface area contributed by atoms with E-state index in [4.69, 9.17) is 0 Å². The Hall–Kier alpha value is -1.89. The topological polar surface area (TPSA) is 61.4 Å². The lowest BCUT2D eigenvalue weighted by atomic mass is 10.3. The summed E-state index contributed by atoms with van der Waals surface area (Å²) in [7, 11) is 3.66. The van der Waals surface area contributed by atoms with Crippen LogP contribution in [0, 0.1) is 0 Å². The molecule has 1 fully saturated rings. The van der Waals surface area contributed by atoms with E-state index in [2.05, 4.69) is 20.2 Å². The van der Waals surface area contributed by atoms with E-state index in [-0.39, 0.29) is 5.91 Å². The number of anilines is 2. The summed E-state index contributed by atoms with van der Waals surface area (Å²) in [4.78, 5) is 25.8. The lowest BCUT2D eigenvalue weighted by Crippen LogP contribution is -2.34. The SMILES string of the molecule is CNc1nc(N2CCCN(C)C(=O)C2)c2ccsc2n1. The van der Waals surface area contributed by atoms with Gasteiger partial charge >= 0.3 is 0 Å². The summed E-state index contributed by atoms with van der Waals surface area (Å²) in [5.41, 5.74) is 0. The zero-order valence-electron chi connectivity index (χ0n) is 11.6. The van der Waals surface area contributed by atoms with E-state index in [1.54, 1.807) is 23.3 Å². The van der Waals surface area contributed by atoms with Crippen LogP contribution in [0.15, 0.2) is 11.4 Å². The molecule has 0 aliphatic carbocycles. The van der Waals surface area contributed by atoms with Gasteiger partial charge in [-0.15, -0.1) is 11.3 Å². The fourth-order valence-electron chi connectivity index (χ4n) is 2.36. The Morgan fingerprint density at radius 3 is 3.00 bits per heavy atom. The highest BCUT2D eigenvalue weighted by Gasteiger charge is 2.22. The van der Waals surface area contributed by atoms with Crippen LogP contribution in [-0.2, 0) is 4.79 Å². The molecule has 106 valence electrons. The predicted octanol–water partition coefficient (Wildman–Crippen LogP) is 1.40. The van der Waals surface area contributed by atoms with Gasteiger partial charge in [-0.3, -0.25) is 4.79 Å². The molecule has 3 heterocycles. The molecule has 1 aliphatic rings. The van der Waals surface area contributed by atoms with Crippen molar-refractivity contribution in [1.29, 1.82) is 0 Å². The number of amides is 1. The number of carbonyl (C=O) groups is 1. The van der Waals surface area contributed by atoms with Crippen molar-refractivity contribution in [2.45, 2.75) is 6.42 Å². The molecule has 1 N–H and O–H groups in total. The van der Waals surface area contributed by atoms with Crippen molar-refractivity contribution in [3.8, 4) is 0 Å². The number of hydrogen-bond donors (Lipinski definition) is 1. The molecular weight excluding hydrogens is 274 g/mol. The van der Waals surface area contributed by atoms with Gasteiger partial charge in [0, 0.05) is 27.2 Å². The van der Waals surface area contributed by atoms with E-state index in [0.29, 0.717) is 12.5 Å². The fourth-order valence-corrected chi connectivity index (χ4v) is 3.12. The van der Waals surface area contributed by atoms with Crippen LogP contribution in [0.25, 0.3) is 10.2 Å². The van der Waals surface area contributed by atoms with Crippen LogP contribution >= 0.6 is 11.3 Å². The molecule has 1 aliphatic heterocycles. The Labute approximate surface area is 121 Å². The van der Waals surface area contributed by atoms with E-state index < -0.39 is 0 Å². The summed E-state index contributed by atoms with van der Waals surface area (Å²) in [5.74, 6) is 1.58. The number of hydrogen-bond acceptors (Lipinski definition) is 6. The molecule has 0 unspecified atom stereocenters. The molecule has 6 nitrogen and oxygen atoms in total. The summed E-state index contributed by atoms with van der Waals surface area (Å²) in [6.45, 7) is 2.01. The molecule has 2 aromatic heterocycles. The van der Waals surface area contributed by atoms with E-state index in [9.17, 15) is 4.79 Å². The Kier molecular flexibility index (Phi) is 3.43. The lowest BCUT2D eigenvalue weighted by molar-refractivity contribution is -0.127. The van der Waals surface area contributed by atoms with Crippen molar-refractivity contribution in [3.05, 3.63) is 11.4 Å².